The van der Waals surface area contributed by atoms with E-state index in [2.05, 4.69) is 66.8 Å². The molecule has 0 rings (SSSR count). The van der Waals surface area contributed by atoms with Crippen LogP contribution >= 0.6 is 25.3 Å². The Morgan fingerprint density at radius 2 is 0.943 bits per heavy atom. The zero-order chi connectivity index (χ0) is 27.5. The summed E-state index contributed by atoms with van der Waals surface area (Å²) in [5.41, 5.74) is 0. The number of thiol groups is 2. The number of carboxylic acid groups (broad SMARTS) is 2. The van der Waals surface area contributed by atoms with Gasteiger partial charge in [-0.05, 0) is 24.7 Å². The Kier molecular flexibility index (Phi) is 35.0. The summed E-state index contributed by atoms with van der Waals surface area (Å²) in [7, 11) is 0. The monoisotopic (exact) mass is 640 g/mol. The molecule has 0 N–H and O–H groups in total. The summed E-state index contributed by atoms with van der Waals surface area (Å²) in [5, 5.41) is 19.7. The van der Waals surface area contributed by atoms with Gasteiger partial charge in [0.2, 0.25) is 0 Å². The molecule has 4 atom stereocenters. The first kappa shape index (κ1) is 39.9. The van der Waals surface area contributed by atoms with E-state index < -0.39 is 22.4 Å². The fourth-order valence-electron chi connectivity index (χ4n) is 3.52. The average molecular weight is 640 g/mol. The predicted molar refractivity (Wildman–Crippen MR) is 157 cm³/mol. The number of carbonyl (C=O) groups is 2. The molecule has 208 valence electrons. The van der Waals surface area contributed by atoms with Gasteiger partial charge in [0, 0.05) is 10.5 Å². The van der Waals surface area contributed by atoms with Gasteiger partial charge in [-0.25, -0.2) is 0 Å². The van der Waals surface area contributed by atoms with Crippen molar-refractivity contribution in [3.05, 3.63) is 0 Å². The van der Waals surface area contributed by atoms with E-state index in [-0.39, 0.29) is 21.1 Å². The summed E-state index contributed by atoms with van der Waals surface area (Å²) in [6.07, 6.45) is 16.1. The first-order valence-electron chi connectivity index (χ1n) is 14.1. The van der Waals surface area contributed by atoms with Crippen molar-refractivity contribution < 1.29 is 19.8 Å². The van der Waals surface area contributed by atoms with Gasteiger partial charge in [-0.15, -0.1) is 0 Å². The third kappa shape index (κ3) is 30.6. The summed E-state index contributed by atoms with van der Waals surface area (Å²) >= 11 is 8.11. The van der Waals surface area contributed by atoms with Crippen molar-refractivity contribution in [1.82, 2.24) is 0 Å². The van der Waals surface area contributed by atoms with Gasteiger partial charge in [-0.3, -0.25) is 0 Å². The van der Waals surface area contributed by atoms with Crippen LogP contribution in [-0.4, -0.2) is 43.6 Å². The summed E-state index contributed by atoms with van der Waals surface area (Å²) in [4.78, 5) is 20.9. The molecule has 0 heterocycles. The first-order chi connectivity index (χ1) is 16.6. The molecule has 0 radical (unpaired) electrons. The van der Waals surface area contributed by atoms with Crippen LogP contribution in [-0.2, 0) is 9.59 Å². The fourth-order valence-corrected chi connectivity index (χ4v) is 8.27. The van der Waals surface area contributed by atoms with Crippen molar-refractivity contribution in [2.24, 2.45) is 11.8 Å². The van der Waals surface area contributed by atoms with Crippen LogP contribution in [0.15, 0.2) is 0 Å². The van der Waals surface area contributed by atoms with Gasteiger partial charge >= 0.3 is 69.5 Å². The number of carbonyl (C=O) groups excluding carboxylic acids is 2. The van der Waals surface area contributed by atoms with E-state index in [1.54, 1.807) is 8.87 Å². The van der Waals surface area contributed by atoms with Crippen molar-refractivity contribution >= 4 is 58.3 Å². The second-order valence-electron chi connectivity index (χ2n) is 9.43. The van der Waals surface area contributed by atoms with Crippen LogP contribution in [0.25, 0.3) is 0 Å². The Labute approximate surface area is 239 Å². The van der Waals surface area contributed by atoms with E-state index in [1.165, 1.54) is 51.4 Å². The molecule has 4 unspecified atom stereocenters. The number of aliphatic carboxylic acids is 2. The van der Waals surface area contributed by atoms with E-state index in [9.17, 15) is 19.8 Å². The van der Waals surface area contributed by atoms with Crippen LogP contribution in [0.2, 0.25) is 8.87 Å². The van der Waals surface area contributed by atoms with Crippen LogP contribution in [0, 0.1) is 11.8 Å². The standard InChI is InChI=1S/2C10H20O2S.2C4H9.Sn/c2*1-3-5-6-8(4-2)7-9(13)10(11)12;2*1-3-4-2;/h2*8-9,13H,3-7H2,1-2H3,(H,11,12);2*1,3-4H2,2H3;/q;;;;+2/p-2. The van der Waals surface area contributed by atoms with Gasteiger partial charge in [-0.2, -0.15) is 25.3 Å². The third-order valence-electron chi connectivity index (χ3n) is 6.16. The molecular weight excluding hydrogens is 583 g/mol. The minimum atomic E-state index is -1.04. The van der Waals surface area contributed by atoms with Crippen LogP contribution in [0.4, 0.5) is 0 Å². The molecule has 0 saturated heterocycles. The second kappa shape index (κ2) is 30.7. The maximum atomic E-state index is 10.4. The molecule has 0 aromatic rings. The molecule has 0 bridgehead atoms. The van der Waals surface area contributed by atoms with E-state index in [0.717, 1.165) is 25.7 Å². The Morgan fingerprint density at radius 3 is 1.17 bits per heavy atom. The fraction of sp³-hybridized carbons (Fsp3) is 0.929. The van der Waals surface area contributed by atoms with Crippen LogP contribution in [0.3, 0.4) is 0 Å². The molecule has 0 aromatic heterocycles. The Balaban J connectivity index is -0.000000448. The minimum absolute atomic E-state index is 0.149. The number of rotatable bonds is 20. The first-order valence-corrected chi connectivity index (χ1v) is 19.2. The predicted octanol–water partition coefficient (Wildman–Crippen LogP) is 6.41. The molecule has 35 heavy (non-hydrogen) atoms. The van der Waals surface area contributed by atoms with Crippen molar-refractivity contribution in [2.75, 3.05) is 0 Å². The van der Waals surface area contributed by atoms with Crippen molar-refractivity contribution in [3.8, 4) is 0 Å². The third-order valence-corrected chi connectivity index (χ3v) is 11.0. The molecule has 0 fully saturated rings. The van der Waals surface area contributed by atoms with E-state index in [4.69, 9.17) is 0 Å². The average Bonchev–Trinajstić information content (AvgIpc) is 2.84. The zero-order valence-corrected chi connectivity index (χ0v) is 28.3. The van der Waals surface area contributed by atoms with Crippen LogP contribution in [0.1, 0.15) is 131 Å². The van der Waals surface area contributed by atoms with E-state index >= 15 is 0 Å². The van der Waals surface area contributed by atoms with Gasteiger partial charge < -0.3 is 19.8 Å². The van der Waals surface area contributed by atoms with Gasteiger partial charge in [0.05, 0.1) is 11.9 Å². The molecule has 0 aliphatic rings. The number of hydrogen-bond donors (Lipinski definition) is 2. The molecule has 0 aliphatic carbocycles. The number of unbranched alkanes of at least 4 members (excludes halogenated alkanes) is 4. The summed E-state index contributed by atoms with van der Waals surface area (Å²) in [5.74, 6) is -1.11. The number of carboxylic acids is 2. The summed E-state index contributed by atoms with van der Waals surface area (Å²) in [6.45, 7) is 13.1. The molecule has 0 saturated carbocycles. The Bertz CT molecular complexity index is 426. The van der Waals surface area contributed by atoms with E-state index in [1.807, 2.05) is 0 Å². The van der Waals surface area contributed by atoms with Gasteiger partial charge in [0.25, 0.3) is 0 Å². The Morgan fingerprint density at radius 1 is 0.629 bits per heavy atom. The molecule has 4 nitrogen and oxygen atoms in total. The maximum absolute atomic E-state index is 10.4. The molecular formula is C28H56O4S2Sn. The molecule has 0 spiro atoms. The quantitative estimate of drug-likeness (QED) is 0.0917. The Hall–Kier alpha value is 0.439. The van der Waals surface area contributed by atoms with Crippen LogP contribution < -0.4 is 10.2 Å². The van der Waals surface area contributed by atoms with Crippen LogP contribution in [0.5, 0.6) is 0 Å². The number of hydrogen-bond acceptors (Lipinski definition) is 6. The van der Waals surface area contributed by atoms with Gasteiger partial charge in [0.15, 0.2) is 0 Å². The van der Waals surface area contributed by atoms with E-state index in [0.29, 0.717) is 24.7 Å². The van der Waals surface area contributed by atoms with Gasteiger partial charge in [0.1, 0.15) is 0 Å². The van der Waals surface area contributed by atoms with Gasteiger partial charge in [-0.1, -0.05) is 79.1 Å². The summed E-state index contributed by atoms with van der Waals surface area (Å²) < 4.78 is 3.25. The van der Waals surface area contributed by atoms with Crippen molar-refractivity contribution in [1.29, 1.82) is 0 Å². The summed E-state index contributed by atoms with van der Waals surface area (Å²) in [6, 6.07) is 0. The second-order valence-corrected chi connectivity index (χ2v) is 15.0. The van der Waals surface area contributed by atoms with Crippen molar-refractivity contribution in [3.63, 3.8) is 0 Å². The molecule has 0 aliphatic heterocycles. The normalized spacial score (nSPS) is 13.7. The topological polar surface area (TPSA) is 80.3 Å². The van der Waals surface area contributed by atoms with Crippen molar-refractivity contribution in [2.45, 2.75) is 151 Å². The zero-order valence-electron chi connectivity index (χ0n) is 23.7. The molecule has 0 amide bonds. The molecule has 0 aromatic carbocycles. The SMILES string of the molecule is CCCCC(CC)CC(S)C(=O)[O-].CCCCC(CC)CC(S)C(=O)[O-].CCC[CH2][Sn+2][CH2]CCC. The molecule has 7 heteroatoms.